The summed E-state index contributed by atoms with van der Waals surface area (Å²) in [6.07, 6.45) is 5.97. The van der Waals surface area contributed by atoms with E-state index in [0.29, 0.717) is 22.0 Å². The van der Waals surface area contributed by atoms with Gasteiger partial charge in [0.1, 0.15) is 11.8 Å². The van der Waals surface area contributed by atoms with Crippen molar-refractivity contribution < 1.29 is 9.21 Å². The Kier molecular flexibility index (Phi) is 6.44. The van der Waals surface area contributed by atoms with E-state index in [9.17, 15) is 9.59 Å². The topological polar surface area (TPSA) is 115 Å². The van der Waals surface area contributed by atoms with Gasteiger partial charge >= 0.3 is 0 Å². The summed E-state index contributed by atoms with van der Waals surface area (Å²) in [5.74, 6) is 0.331. The number of carbonyl (C=O) groups excluding carboxylic acids is 1. The highest BCUT2D eigenvalue weighted by atomic mass is 32.2. The van der Waals surface area contributed by atoms with E-state index in [0.717, 1.165) is 11.3 Å². The smallest absolute Gasteiger partial charge is 0.250 e. The lowest BCUT2D eigenvalue weighted by Gasteiger charge is -2.10. The average molecular weight is 483 g/mol. The van der Waals surface area contributed by atoms with Gasteiger partial charge in [-0.15, -0.1) is 10.2 Å². The number of aromatic nitrogens is 4. The first kappa shape index (κ1) is 22.2. The molecule has 0 fully saturated rings. The molecule has 0 unspecified atom stereocenters. The summed E-state index contributed by atoms with van der Waals surface area (Å²) < 4.78 is 7.34. The van der Waals surface area contributed by atoms with Gasteiger partial charge in [-0.1, -0.05) is 42.1 Å². The van der Waals surface area contributed by atoms with Crippen LogP contribution in [0.25, 0.3) is 28.0 Å². The molecule has 5 aromatic rings. The van der Waals surface area contributed by atoms with E-state index in [1.165, 1.54) is 24.2 Å². The maximum atomic E-state index is 12.5. The van der Waals surface area contributed by atoms with Crippen molar-refractivity contribution in [3.05, 3.63) is 101 Å². The lowest BCUT2D eigenvalue weighted by Crippen LogP contribution is -2.20. The summed E-state index contributed by atoms with van der Waals surface area (Å²) in [6, 6.07) is 20.3. The van der Waals surface area contributed by atoms with Crippen molar-refractivity contribution >= 4 is 34.9 Å². The van der Waals surface area contributed by atoms with Gasteiger partial charge in [-0.3, -0.25) is 19.1 Å². The fourth-order valence-corrected chi connectivity index (χ4v) is 4.12. The van der Waals surface area contributed by atoms with E-state index in [2.05, 4.69) is 25.7 Å². The highest BCUT2D eigenvalue weighted by Crippen LogP contribution is 2.27. The van der Waals surface area contributed by atoms with Crippen LogP contribution >= 0.6 is 11.8 Å². The molecule has 0 aliphatic rings. The molecule has 172 valence electrons. The fraction of sp³-hybridized carbons (Fsp3) is 0.0400. The maximum absolute atomic E-state index is 12.5. The molecule has 1 amide bonds. The van der Waals surface area contributed by atoms with Gasteiger partial charge in [0, 0.05) is 23.6 Å². The van der Waals surface area contributed by atoms with Gasteiger partial charge < -0.3 is 4.42 Å². The van der Waals surface area contributed by atoms with Crippen molar-refractivity contribution in [2.75, 3.05) is 5.75 Å². The van der Waals surface area contributed by atoms with Gasteiger partial charge in [0.25, 0.3) is 5.91 Å². The molecule has 0 radical (unpaired) electrons. The molecular formula is C25H18N6O3S. The largest absolute Gasteiger partial charge is 0.463 e. The molecule has 5 rings (SSSR count). The van der Waals surface area contributed by atoms with Crippen molar-refractivity contribution in [3.8, 4) is 17.1 Å². The number of nitrogens with zero attached hydrogens (tertiary/aromatic N) is 5. The predicted octanol–water partition coefficient (Wildman–Crippen LogP) is 3.68. The number of para-hydroxylation sites is 2. The Balaban J connectivity index is 1.30. The van der Waals surface area contributed by atoms with E-state index < -0.39 is 0 Å². The lowest BCUT2D eigenvalue weighted by molar-refractivity contribution is -0.118. The second kappa shape index (κ2) is 10.1. The molecule has 0 atom stereocenters. The summed E-state index contributed by atoms with van der Waals surface area (Å²) in [6.45, 7) is 0. The van der Waals surface area contributed by atoms with E-state index in [1.54, 1.807) is 36.7 Å². The van der Waals surface area contributed by atoms with Crippen molar-refractivity contribution in [2.24, 2.45) is 5.10 Å². The second-order valence-corrected chi connectivity index (χ2v) is 8.25. The third-order valence-corrected chi connectivity index (χ3v) is 5.95. The van der Waals surface area contributed by atoms with Crippen LogP contribution in [-0.4, -0.2) is 37.6 Å². The van der Waals surface area contributed by atoms with Gasteiger partial charge in [0.05, 0.1) is 22.9 Å². The Morgan fingerprint density at radius 2 is 1.80 bits per heavy atom. The van der Waals surface area contributed by atoms with Gasteiger partial charge in [0.15, 0.2) is 11.0 Å². The van der Waals surface area contributed by atoms with Crippen LogP contribution in [0.2, 0.25) is 0 Å². The molecule has 0 spiro atoms. The lowest BCUT2D eigenvalue weighted by atomic mass is 10.2. The Morgan fingerprint density at radius 3 is 2.63 bits per heavy atom. The molecule has 35 heavy (non-hydrogen) atoms. The molecule has 0 aliphatic carbocycles. The average Bonchev–Trinajstić information content (AvgIpc) is 3.34. The molecule has 10 heteroatoms. The first-order valence-electron chi connectivity index (χ1n) is 10.6. The van der Waals surface area contributed by atoms with Gasteiger partial charge in [-0.2, -0.15) is 5.10 Å². The number of nitrogens with one attached hydrogen (secondary N) is 1. The van der Waals surface area contributed by atoms with Gasteiger partial charge in [-0.25, -0.2) is 5.43 Å². The van der Waals surface area contributed by atoms with Crippen molar-refractivity contribution in [3.63, 3.8) is 0 Å². The maximum Gasteiger partial charge on any atom is 0.250 e. The number of fused-ring (bicyclic) bond motifs is 1. The number of carbonyl (C=O) groups is 1. The normalized spacial score (nSPS) is 11.2. The Labute approximate surface area is 203 Å². The first-order chi connectivity index (χ1) is 17.2. The third-order valence-electron chi connectivity index (χ3n) is 5.02. The molecule has 1 N–H and O–H groups in total. The number of hydrazone groups is 1. The van der Waals surface area contributed by atoms with E-state index >= 15 is 0 Å². The number of pyridine rings is 1. The number of benzene rings is 2. The van der Waals surface area contributed by atoms with Crippen LogP contribution in [0.1, 0.15) is 5.56 Å². The Hall–Kier alpha value is -4.57. The monoisotopic (exact) mass is 482 g/mol. The van der Waals surface area contributed by atoms with Crippen LogP contribution in [0.3, 0.4) is 0 Å². The number of hydrogen-bond donors (Lipinski definition) is 1. The minimum absolute atomic E-state index is 0.0466. The van der Waals surface area contributed by atoms with Crippen LogP contribution in [0.15, 0.2) is 105 Å². The SMILES string of the molecule is O=C(CSc1nnc(-c2ccncc2)n1-c1ccccc1)NN=Cc1coc2ccccc2c1=O. The number of rotatable bonds is 7. The van der Waals surface area contributed by atoms with Crippen LogP contribution in [0.5, 0.6) is 0 Å². The van der Waals surface area contributed by atoms with Crippen molar-refractivity contribution in [2.45, 2.75) is 5.16 Å². The summed E-state index contributed by atoms with van der Waals surface area (Å²) >= 11 is 1.22. The van der Waals surface area contributed by atoms with Crippen molar-refractivity contribution in [1.29, 1.82) is 0 Å². The second-order valence-electron chi connectivity index (χ2n) is 7.31. The van der Waals surface area contributed by atoms with Crippen LogP contribution < -0.4 is 10.9 Å². The highest BCUT2D eigenvalue weighted by molar-refractivity contribution is 7.99. The predicted molar refractivity (Wildman–Crippen MR) is 134 cm³/mol. The molecule has 0 aliphatic heterocycles. The van der Waals surface area contributed by atoms with Crippen LogP contribution in [0, 0.1) is 0 Å². The zero-order valence-electron chi connectivity index (χ0n) is 18.2. The Morgan fingerprint density at radius 1 is 1.03 bits per heavy atom. The molecule has 0 bridgehead atoms. The van der Waals surface area contributed by atoms with Gasteiger partial charge in [-0.05, 0) is 36.4 Å². The molecule has 0 saturated carbocycles. The molecular weight excluding hydrogens is 464 g/mol. The minimum Gasteiger partial charge on any atom is -0.463 e. The highest BCUT2D eigenvalue weighted by Gasteiger charge is 2.17. The van der Waals surface area contributed by atoms with E-state index in [4.69, 9.17) is 4.42 Å². The molecule has 2 aromatic carbocycles. The van der Waals surface area contributed by atoms with Crippen molar-refractivity contribution in [1.82, 2.24) is 25.2 Å². The summed E-state index contributed by atoms with van der Waals surface area (Å²) in [4.78, 5) is 29.0. The summed E-state index contributed by atoms with van der Waals surface area (Å²) in [5, 5.41) is 13.5. The fourth-order valence-electron chi connectivity index (χ4n) is 3.38. The zero-order chi connectivity index (χ0) is 24.0. The number of amides is 1. The quantitative estimate of drug-likeness (QED) is 0.214. The molecule has 3 aromatic heterocycles. The minimum atomic E-state index is -0.357. The zero-order valence-corrected chi connectivity index (χ0v) is 19.1. The van der Waals surface area contributed by atoms with E-state index in [1.807, 2.05) is 47.0 Å². The standard InChI is InChI=1S/C25H18N6O3S/c32-22(28-27-14-18-15-34-21-9-5-4-8-20(21)23(18)33)16-35-25-30-29-24(17-10-12-26-13-11-17)31(25)19-6-2-1-3-7-19/h1-15H,16H2,(H,28,32). The van der Waals surface area contributed by atoms with E-state index in [-0.39, 0.29) is 22.7 Å². The molecule has 9 nitrogen and oxygen atoms in total. The number of hydrogen-bond acceptors (Lipinski definition) is 8. The number of thioether (sulfide) groups is 1. The van der Waals surface area contributed by atoms with Crippen LogP contribution in [0.4, 0.5) is 0 Å². The van der Waals surface area contributed by atoms with Crippen LogP contribution in [-0.2, 0) is 4.79 Å². The molecule has 0 saturated heterocycles. The third kappa shape index (κ3) is 4.87. The Bertz CT molecular complexity index is 1570. The molecule has 3 heterocycles. The first-order valence-corrected chi connectivity index (χ1v) is 11.6. The van der Waals surface area contributed by atoms with Gasteiger partial charge in [0.2, 0.25) is 5.43 Å². The summed E-state index contributed by atoms with van der Waals surface area (Å²) in [5.41, 5.74) is 4.66. The summed E-state index contributed by atoms with van der Waals surface area (Å²) in [7, 11) is 0.